The molecule has 0 aliphatic rings. The molecule has 0 aliphatic heterocycles. The van der Waals surface area contributed by atoms with Crippen molar-refractivity contribution < 1.29 is 9.59 Å². The van der Waals surface area contributed by atoms with Crippen molar-refractivity contribution in [3.63, 3.8) is 0 Å². The Morgan fingerprint density at radius 2 is 2.07 bits per heavy atom. The predicted octanol–water partition coefficient (Wildman–Crippen LogP) is 1.25. The highest BCUT2D eigenvalue weighted by Gasteiger charge is 2.11. The van der Waals surface area contributed by atoms with Gasteiger partial charge < -0.3 is 15.4 Å². The number of hydrogen-bond acceptors (Lipinski definition) is 2. The summed E-state index contributed by atoms with van der Waals surface area (Å²) in [7, 11) is 0. The molecule has 0 radical (unpaired) electrons. The van der Waals surface area contributed by atoms with E-state index in [1.165, 1.54) is 0 Å². The first-order valence-corrected chi connectivity index (χ1v) is 4.82. The lowest BCUT2D eigenvalue weighted by atomic mass is 10.1. The number of nitrogens with one attached hydrogen (secondary N) is 2. The first-order chi connectivity index (χ1) is 7.27. The fraction of sp³-hybridized carbons (Fsp3) is 0.273. The van der Waals surface area contributed by atoms with Crippen LogP contribution in [-0.2, 0) is 4.79 Å². The molecule has 1 rings (SSSR count). The Labute approximate surface area is 88.7 Å². The van der Waals surface area contributed by atoms with Crippen molar-refractivity contribution >= 4 is 12.3 Å². The van der Waals surface area contributed by atoms with Gasteiger partial charge in [0.1, 0.15) is 12.3 Å². The van der Waals surface area contributed by atoms with E-state index in [1.807, 2.05) is 25.1 Å². The highest BCUT2D eigenvalue weighted by molar-refractivity contribution is 5.78. The summed E-state index contributed by atoms with van der Waals surface area (Å²) in [5, 5.41) is 5.14. The van der Waals surface area contributed by atoms with Gasteiger partial charge in [-0.3, -0.25) is 0 Å². The minimum atomic E-state index is -0.585. The van der Waals surface area contributed by atoms with Crippen LogP contribution in [0, 0.1) is 0 Å². The first kappa shape index (κ1) is 11.2. The van der Waals surface area contributed by atoms with Crippen LogP contribution >= 0.6 is 0 Å². The third kappa shape index (κ3) is 3.42. The molecular weight excluding hydrogens is 192 g/mol. The number of hydrogen-bond donors (Lipinski definition) is 2. The lowest BCUT2D eigenvalue weighted by Crippen LogP contribution is -2.38. The van der Waals surface area contributed by atoms with Crippen LogP contribution in [0.1, 0.15) is 18.5 Å². The summed E-state index contributed by atoms with van der Waals surface area (Å²) >= 11 is 0. The maximum absolute atomic E-state index is 11.2. The fourth-order valence-electron chi connectivity index (χ4n) is 1.21. The van der Waals surface area contributed by atoms with Gasteiger partial charge in [-0.25, -0.2) is 4.79 Å². The SMILES string of the molecule is CCNC(=O)N[C@@H](C=O)c1ccccc1. The summed E-state index contributed by atoms with van der Waals surface area (Å²) in [4.78, 5) is 22.0. The lowest BCUT2D eigenvalue weighted by Gasteiger charge is -2.12. The zero-order valence-electron chi connectivity index (χ0n) is 8.57. The number of carbonyl (C=O) groups excluding carboxylic acids is 2. The van der Waals surface area contributed by atoms with Crippen molar-refractivity contribution in [1.82, 2.24) is 10.6 Å². The van der Waals surface area contributed by atoms with Crippen molar-refractivity contribution in [3.8, 4) is 0 Å². The van der Waals surface area contributed by atoms with Gasteiger partial charge in [0.15, 0.2) is 0 Å². The Kier molecular flexibility index (Phi) is 4.34. The standard InChI is InChI=1S/C11H14N2O2/c1-2-12-11(15)13-10(8-14)9-6-4-3-5-7-9/h3-8,10H,2H2,1H3,(H2,12,13,15)/t10-/m0/s1. The number of aldehydes is 1. The number of amides is 2. The molecule has 4 nitrogen and oxygen atoms in total. The van der Waals surface area contributed by atoms with Crippen LogP contribution < -0.4 is 10.6 Å². The van der Waals surface area contributed by atoms with E-state index in [0.29, 0.717) is 12.8 Å². The monoisotopic (exact) mass is 206 g/mol. The Morgan fingerprint density at radius 1 is 1.40 bits per heavy atom. The zero-order valence-corrected chi connectivity index (χ0v) is 8.57. The van der Waals surface area contributed by atoms with Gasteiger partial charge in [0.05, 0.1) is 0 Å². The van der Waals surface area contributed by atoms with E-state index >= 15 is 0 Å². The smallest absolute Gasteiger partial charge is 0.315 e. The Bertz CT molecular complexity index is 325. The van der Waals surface area contributed by atoms with Crippen molar-refractivity contribution in [2.24, 2.45) is 0 Å². The molecular formula is C11H14N2O2. The van der Waals surface area contributed by atoms with Crippen molar-refractivity contribution in [1.29, 1.82) is 0 Å². The lowest BCUT2D eigenvalue weighted by molar-refractivity contribution is -0.109. The first-order valence-electron chi connectivity index (χ1n) is 4.82. The van der Waals surface area contributed by atoms with Crippen LogP contribution in [0.2, 0.25) is 0 Å². The van der Waals surface area contributed by atoms with Gasteiger partial charge in [-0.1, -0.05) is 30.3 Å². The van der Waals surface area contributed by atoms with Gasteiger partial charge in [0.2, 0.25) is 0 Å². The van der Waals surface area contributed by atoms with Crippen LogP contribution in [0.15, 0.2) is 30.3 Å². The summed E-state index contributed by atoms with van der Waals surface area (Å²) in [6.07, 6.45) is 0.713. The van der Waals surface area contributed by atoms with E-state index in [2.05, 4.69) is 10.6 Å². The van der Waals surface area contributed by atoms with Gasteiger partial charge in [0, 0.05) is 6.54 Å². The third-order valence-corrected chi connectivity index (χ3v) is 1.92. The van der Waals surface area contributed by atoms with Crippen LogP contribution in [0.4, 0.5) is 4.79 Å². The van der Waals surface area contributed by atoms with E-state index in [4.69, 9.17) is 0 Å². The van der Waals surface area contributed by atoms with Gasteiger partial charge in [-0.05, 0) is 12.5 Å². The van der Waals surface area contributed by atoms with Crippen LogP contribution in [0.5, 0.6) is 0 Å². The number of benzene rings is 1. The van der Waals surface area contributed by atoms with E-state index in [9.17, 15) is 9.59 Å². The topological polar surface area (TPSA) is 58.2 Å². The maximum atomic E-state index is 11.2. The van der Waals surface area contributed by atoms with E-state index in [0.717, 1.165) is 5.56 Å². The average molecular weight is 206 g/mol. The second-order valence-electron chi connectivity index (χ2n) is 3.03. The largest absolute Gasteiger partial charge is 0.338 e. The van der Waals surface area contributed by atoms with Crippen molar-refractivity contribution in [2.75, 3.05) is 6.54 Å². The summed E-state index contributed by atoms with van der Waals surface area (Å²) in [6.45, 7) is 2.35. The number of carbonyl (C=O) groups is 2. The Balaban J connectivity index is 2.65. The molecule has 0 unspecified atom stereocenters. The Morgan fingerprint density at radius 3 is 2.60 bits per heavy atom. The third-order valence-electron chi connectivity index (χ3n) is 1.92. The van der Waals surface area contributed by atoms with E-state index in [-0.39, 0.29) is 6.03 Å². The quantitative estimate of drug-likeness (QED) is 0.728. The molecule has 0 aliphatic carbocycles. The molecule has 2 N–H and O–H groups in total. The van der Waals surface area contributed by atoms with Crippen LogP contribution in [0.3, 0.4) is 0 Å². The molecule has 0 fully saturated rings. The van der Waals surface area contributed by atoms with Gasteiger partial charge >= 0.3 is 6.03 Å². The predicted molar refractivity (Wildman–Crippen MR) is 57.5 cm³/mol. The molecule has 0 aromatic heterocycles. The molecule has 2 amide bonds. The van der Waals surface area contributed by atoms with Gasteiger partial charge in [0.25, 0.3) is 0 Å². The minimum absolute atomic E-state index is 0.335. The molecule has 1 aromatic rings. The second kappa shape index (κ2) is 5.80. The van der Waals surface area contributed by atoms with Crippen LogP contribution in [0.25, 0.3) is 0 Å². The average Bonchev–Trinajstić information content (AvgIpc) is 2.27. The summed E-state index contributed by atoms with van der Waals surface area (Å²) < 4.78 is 0. The zero-order chi connectivity index (χ0) is 11.1. The second-order valence-corrected chi connectivity index (χ2v) is 3.03. The van der Waals surface area contributed by atoms with E-state index < -0.39 is 6.04 Å². The molecule has 1 aromatic carbocycles. The molecule has 4 heteroatoms. The van der Waals surface area contributed by atoms with E-state index in [1.54, 1.807) is 12.1 Å². The molecule has 15 heavy (non-hydrogen) atoms. The van der Waals surface area contributed by atoms with Crippen LogP contribution in [-0.4, -0.2) is 18.9 Å². The highest BCUT2D eigenvalue weighted by atomic mass is 16.2. The summed E-state index contributed by atoms with van der Waals surface area (Å²) in [5.41, 5.74) is 0.777. The van der Waals surface area contributed by atoms with Gasteiger partial charge in [-0.2, -0.15) is 0 Å². The van der Waals surface area contributed by atoms with Crippen molar-refractivity contribution in [3.05, 3.63) is 35.9 Å². The molecule has 80 valence electrons. The fourth-order valence-corrected chi connectivity index (χ4v) is 1.21. The minimum Gasteiger partial charge on any atom is -0.338 e. The number of urea groups is 1. The number of rotatable bonds is 4. The highest BCUT2D eigenvalue weighted by Crippen LogP contribution is 2.09. The summed E-state index contributed by atoms with van der Waals surface area (Å²) in [6, 6.07) is 8.18. The molecule has 1 atom stereocenters. The van der Waals surface area contributed by atoms with Crippen molar-refractivity contribution in [2.45, 2.75) is 13.0 Å². The molecule has 0 spiro atoms. The molecule has 0 saturated heterocycles. The normalized spacial score (nSPS) is 11.5. The summed E-state index contributed by atoms with van der Waals surface area (Å²) in [5.74, 6) is 0. The molecule has 0 saturated carbocycles. The molecule has 0 heterocycles. The van der Waals surface area contributed by atoms with Gasteiger partial charge in [-0.15, -0.1) is 0 Å². The Hall–Kier alpha value is -1.84. The maximum Gasteiger partial charge on any atom is 0.315 e. The molecule has 0 bridgehead atoms.